The van der Waals surface area contributed by atoms with Crippen LogP contribution in [0.2, 0.25) is 0 Å². The summed E-state index contributed by atoms with van der Waals surface area (Å²) < 4.78 is 0. The van der Waals surface area contributed by atoms with Gasteiger partial charge in [-0.3, -0.25) is 4.79 Å². The van der Waals surface area contributed by atoms with Crippen molar-refractivity contribution >= 4 is 11.9 Å². The number of carboxylic acid groups (broad SMARTS) is 1. The Morgan fingerprint density at radius 1 is 1.50 bits per heavy atom. The van der Waals surface area contributed by atoms with Gasteiger partial charge in [0.05, 0.1) is 0 Å². The van der Waals surface area contributed by atoms with E-state index in [4.69, 9.17) is 5.11 Å². The van der Waals surface area contributed by atoms with Crippen LogP contribution in [0.3, 0.4) is 0 Å². The number of carboxylic acids is 1. The van der Waals surface area contributed by atoms with Crippen molar-refractivity contribution in [1.82, 2.24) is 10.2 Å². The molecule has 1 atom stereocenters. The summed E-state index contributed by atoms with van der Waals surface area (Å²) in [5, 5.41) is 11.4. The Hall–Kier alpha value is -1.10. The second-order valence-electron chi connectivity index (χ2n) is 5.10. The van der Waals surface area contributed by atoms with Gasteiger partial charge in [0.15, 0.2) is 0 Å². The summed E-state index contributed by atoms with van der Waals surface area (Å²) in [7, 11) is 2.03. The largest absolute Gasteiger partial charge is 0.480 e. The van der Waals surface area contributed by atoms with E-state index in [-0.39, 0.29) is 5.91 Å². The predicted octanol–water partition coefficient (Wildman–Crippen LogP) is 0.308. The molecular weight excluding hydrogens is 208 g/mol. The van der Waals surface area contributed by atoms with Crippen molar-refractivity contribution in [2.45, 2.75) is 32.2 Å². The van der Waals surface area contributed by atoms with Crippen LogP contribution in [0.4, 0.5) is 0 Å². The maximum absolute atomic E-state index is 11.6. The second kappa shape index (κ2) is 4.82. The average molecular weight is 228 g/mol. The first-order valence-corrected chi connectivity index (χ1v) is 5.54. The maximum Gasteiger partial charge on any atom is 0.328 e. The molecule has 0 radical (unpaired) electrons. The van der Waals surface area contributed by atoms with Crippen molar-refractivity contribution in [1.29, 1.82) is 0 Å². The molecule has 1 saturated heterocycles. The third-order valence-corrected chi connectivity index (χ3v) is 2.95. The molecule has 0 aromatic heterocycles. The van der Waals surface area contributed by atoms with Crippen LogP contribution < -0.4 is 5.32 Å². The second-order valence-corrected chi connectivity index (χ2v) is 5.10. The fraction of sp³-hybridized carbons (Fsp3) is 0.818. The van der Waals surface area contributed by atoms with E-state index in [2.05, 4.69) is 10.2 Å². The van der Waals surface area contributed by atoms with Gasteiger partial charge in [0, 0.05) is 13.0 Å². The molecule has 1 aliphatic rings. The molecular formula is C11H20N2O3. The number of likely N-dealkylation sites (tertiary alicyclic amines) is 1. The van der Waals surface area contributed by atoms with E-state index in [1.807, 2.05) is 7.05 Å². The molecule has 2 N–H and O–H groups in total. The zero-order valence-electron chi connectivity index (χ0n) is 10.1. The molecule has 5 nitrogen and oxygen atoms in total. The third-order valence-electron chi connectivity index (χ3n) is 2.95. The lowest BCUT2D eigenvalue weighted by molar-refractivity contribution is -0.146. The zero-order chi connectivity index (χ0) is 12.3. The lowest BCUT2D eigenvalue weighted by Crippen LogP contribution is -2.50. The Kier molecular flexibility index (Phi) is 3.91. The lowest BCUT2D eigenvalue weighted by atomic mass is 10.0. The average Bonchev–Trinajstić information content (AvgIpc) is 2.49. The monoisotopic (exact) mass is 228 g/mol. The first-order chi connectivity index (χ1) is 7.31. The lowest BCUT2D eigenvalue weighted by Gasteiger charge is -2.22. The molecule has 1 unspecified atom stereocenters. The molecule has 1 rings (SSSR count). The van der Waals surface area contributed by atoms with E-state index in [0.29, 0.717) is 12.3 Å². The number of amides is 1. The molecule has 0 aliphatic carbocycles. The van der Waals surface area contributed by atoms with Gasteiger partial charge < -0.3 is 15.3 Å². The Morgan fingerprint density at radius 2 is 2.12 bits per heavy atom. The maximum atomic E-state index is 11.6. The van der Waals surface area contributed by atoms with E-state index >= 15 is 0 Å². The molecule has 1 amide bonds. The zero-order valence-corrected chi connectivity index (χ0v) is 10.1. The van der Waals surface area contributed by atoms with Gasteiger partial charge in [-0.25, -0.2) is 4.79 Å². The summed E-state index contributed by atoms with van der Waals surface area (Å²) in [6.45, 7) is 4.92. The normalized spacial score (nSPS) is 22.1. The standard InChI is InChI=1S/C11H20N2O3/c1-11(2,10(15)16)12-9(14)6-8-4-5-13(3)7-8/h8H,4-7H2,1-3H3,(H,12,14)(H,15,16). The SMILES string of the molecule is CN1CCC(CC(=O)NC(C)(C)C(=O)O)C1. The molecule has 16 heavy (non-hydrogen) atoms. The van der Waals surface area contributed by atoms with Crippen molar-refractivity contribution in [3.05, 3.63) is 0 Å². The van der Waals surface area contributed by atoms with Crippen LogP contribution in [-0.2, 0) is 9.59 Å². The third kappa shape index (κ3) is 3.48. The molecule has 1 fully saturated rings. The molecule has 0 aromatic carbocycles. The minimum atomic E-state index is -1.18. The Morgan fingerprint density at radius 3 is 2.56 bits per heavy atom. The van der Waals surface area contributed by atoms with Gasteiger partial charge in [-0.05, 0) is 39.8 Å². The number of rotatable bonds is 4. The van der Waals surface area contributed by atoms with Crippen LogP contribution in [0.15, 0.2) is 0 Å². The van der Waals surface area contributed by atoms with E-state index in [1.165, 1.54) is 13.8 Å². The van der Waals surface area contributed by atoms with Crippen LogP contribution in [0.25, 0.3) is 0 Å². The van der Waals surface area contributed by atoms with Crippen molar-refractivity contribution < 1.29 is 14.7 Å². The number of carbonyl (C=O) groups excluding carboxylic acids is 1. The highest BCUT2D eigenvalue weighted by molar-refractivity contribution is 5.86. The van der Waals surface area contributed by atoms with E-state index < -0.39 is 11.5 Å². The fourth-order valence-electron chi connectivity index (χ4n) is 1.91. The summed E-state index contributed by atoms with van der Waals surface area (Å²) in [5.74, 6) is -0.827. The molecule has 92 valence electrons. The van der Waals surface area contributed by atoms with Gasteiger partial charge in [-0.15, -0.1) is 0 Å². The quantitative estimate of drug-likeness (QED) is 0.726. The first-order valence-electron chi connectivity index (χ1n) is 5.54. The fourth-order valence-corrected chi connectivity index (χ4v) is 1.91. The smallest absolute Gasteiger partial charge is 0.328 e. The van der Waals surface area contributed by atoms with E-state index in [9.17, 15) is 9.59 Å². The van der Waals surface area contributed by atoms with Crippen molar-refractivity contribution in [2.24, 2.45) is 5.92 Å². The number of hydrogen-bond donors (Lipinski definition) is 2. The Labute approximate surface area is 95.8 Å². The number of carbonyl (C=O) groups is 2. The van der Waals surface area contributed by atoms with Crippen LogP contribution in [0.1, 0.15) is 26.7 Å². The highest BCUT2D eigenvalue weighted by Gasteiger charge is 2.30. The van der Waals surface area contributed by atoms with Crippen LogP contribution in [0.5, 0.6) is 0 Å². The molecule has 0 bridgehead atoms. The molecule has 0 aromatic rings. The summed E-state index contributed by atoms with van der Waals surface area (Å²) in [5.41, 5.74) is -1.18. The molecule has 5 heteroatoms. The number of aliphatic carboxylic acids is 1. The summed E-state index contributed by atoms with van der Waals surface area (Å²) in [6, 6.07) is 0. The van der Waals surface area contributed by atoms with Crippen molar-refractivity contribution in [2.75, 3.05) is 20.1 Å². The predicted molar refractivity (Wildman–Crippen MR) is 60.1 cm³/mol. The number of nitrogens with one attached hydrogen (secondary N) is 1. The van der Waals surface area contributed by atoms with Gasteiger partial charge in [0.2, 0.25) is 5.91 Å². The van der Waals surface area contributed by atoms with Crippen molar-refractivity contribution in [3.8, 4) is 0 Å². The van der Waals surface area contributed by atoms with Crippen molar-refractivity contribution in [3.63, 3.8) is 0 Å². The Bertz CT molecular complexity index is 289. The Balaban J connectivity index is 2.39. The summed E-state index contributed by atoms with van der Waals surface area (Å²) >= 11 is 0. The molecule has 0 saturated carbocycles. The number of hydrogen-bond acceptors (Lipinski definition) is 3. The minimum Gasteiger partial charge on any atom is -0.480 e. The van der Waals surface area contributed by atoms with Crippen LogP contribution >= 0.6 is 0 Å². The molecule has 1 aliphatic heterocycles. The van der Waals surface area contributed by atoms with Gasteiger partial charge in [-0.1, -0.05) is 0 Å². The summed E-state index contributed by atoms with van der Waals surface area (Å²) in [4.78, 5) is 24.6. The van der Waals surface area contributed by atoms with Gasteiger partial charge in [-0.2, -0.15) is 0 Å². The highest BCUT2D eigenvalue weighted by Crippen LogP contribution is 2.18. The van der Waals surface area contributed by atoms with Gasteiger partial charge in [0.1, 0.15) is 5.54 Å². The summed E-state index contributed by atoms with van der Waals surface area (Å²) in [6.07, 6.45) is 1.43. The van der Waals surface area contributed by atoms with Crippen LogP contribution in [-0.4, -0.2) is 47.6 Å². The minimum absolute atomic E-state index is 0.173. The van der Waals surface area contributed by atoms with Gasteiger partial charge in [0.25, 0.3) is 0 Å². The number of nitrogens with zero attached hydrogens (tertiary/aromatic N) is 1. The van der Waals surface area contributed by atoms with E-state index in [1.54, 1.807) is 0 Å². The van der Waals surface area contributed by atoms with E-state index in [0.717, 1.165) is 19.5 Å². The highest BCUT2D eigenvalue weighted by atomic mass is 16.4. The topological polar surface area (TPSA) is 69.6 Å². The van der Waals surface area contributed by atoms with Crippen LogP contribution in [0, 0.1) is 5.92 Å². The van der Waals surface area contributed by atoms with Gasteiger partial charge >= 0.3 is 5.97 Å². The molecule has 0 spiro atoms. The first kappa shape index (κ1) is 13.0. The molecule has 1 heterocycles.